The zero-order valence-corrected chi connectivity index (χ0v) is 21.4. The predicted molar refractivity (Wildman–Crippen MR) is 112 cm³/mol. The third-order valence-corrected chi connectivity index (χ3v) is 7.05. The standard InChI is InChI=1S/C10H15F3O6S.C9H15FO6S/c1-9(10(11,12)13,20-19-18-16)8(15)17-7-5-3-2-4-6(7)14;1-9(10,17-16-15-13)8(12)14-7-5-3-2-4-6(7)11/h6-7,14,16H,2-5H2,1H3;6-7,11,13H,2-5H2,1H3/p-2. The highest BCUT2D eigenvalue weighted by Gasteiger charge is 2.61. The molecule has 0 radical (unpaired) electrons. The molecule has 18 heteroatoms. The molecule has 0 aromatic heterocycles. The van der Waals surface area contributed by atoms with Crippen LogP contribution in [-0.4, -0.2) is 62.5 Å². The van der Waals surface area contributed by atoms with Gasteiger partial charge in [0.25, 0.3) is 5.00 Å². The number of rotatable bonds is 10. The summed E-state index contributed by atoms with van der Waals surface area (Å²) < 4.78 is 66.2. The fraction of sp³-hybridized carbons (Fsp3) is 0.895. The van der Waals surface area contributed by atoms with Crippen LogP contribution in [0, 0.1) is 0 Å². The second kappa shape index (κ2) is 15.6. The summed E-state index contributed by atoms with van der Waals surface area (Å²) in [7, 11) is 0. The van der Waals surface area contributed by atoms with Crippen molar-refractivity contribution in [2.45, 2.75) is 106 Å². The van der Waals surface area contributed by atoms with Crippen LogP contribution >= 0.6 is 24.1 Å². The Morgan fingerprint density at radius 2 is 1.16 bits per heavy atom. The van der Waals surface area contributed by atoms with Crippen molar-refractivity contribution in [3.8, 4) is 0 Å². The van der Waals surface area contributed by atoms with Crippen molar-refractivity contribution in [1.29, 1.82) is 0 Å². The second-order valence-corrected chi connectivity index (χ2v) is 10.7. The summed E-state index contributed by atoms with van der Waals surface area (Å²) in [4.78, 5) is 23.1. The van der Waals surface area contributed by atoms with Crippen molar-refractivity contribution < 1.29 is 76.1 Å². The van der Waals surface area contributed by atoms with E-state index in [0.717, 1.165) is 19.8 Å². The topological polar surface area (TPSA) is 176 Å². The lowest BCUT2D eigenvalue weighted by atomic mass is 9.94. The number of ether oxygens (including phenoxy) is 2. The highest BCUT2D eigenvalue weighted by atomic mass is 32.2. The molecule has 0 heterocycles. The van der Waals surface area contributed by atoms with Gasteiger partial charge in [0, 0.05) is 0 Å². The second-order valence-electron chi connectivity index (χ2n) is 8.48. The van der Waals surface area contributed by atoms with Gasteiger partial charge in [-0.3, -0.25) is 14.9 Å². The molecule has 2 saturated carbocycles. The van der Waals surface area contributed by atoms with Gasteiger partial charge in [0.2, 0.25) is 4.75 Å². The summed E-state index contributed by atoms with van der Waals surface area (Å²) in [5, 5.41) is 41.6. The highest BCUT2D eigenvalue weighted by molar-refractivity contribution is 7.96. The number of aliphatic hydroxyl groups is 2. The van der Waals surface area contributed by atoms with E-state index in [1.54, 1.807) is 0 Å². The van der Waals surface area contributed by atoms with Gasteiger partial charge in [0.05, 0.1) is 36.3 Å². The monoisotopic (exact) mass is 588 g/mol. The van der Waals surface area contributed by atoms with Crippen molar-refractivity contribution >= 4 is 36.0 Å². The molecule has 0 amide bonds. The largest absolute Gasteiger partial charge is 0.691 e. The molecule has 0 aliphatic heterocycles. The lowest BCUT2D eigenvalue weighted by molar-refractivity contribution is -0.777. The first-order valence-electron chi connectivity index (χ1n) is 11.0. The maximum atomic E-state index is 13.6. The lowest BCUT2D eigenvalue weighted by Crippen LogP contribution is -2.50. The molecule has 0 aromatic rings. The number of alkyl halides is 4. The third kappa shape index (κ3) is 10.6. The summed E-state index contributed by atoms with van der Waals surface area (Å²) in [6, 6.07) is 0. The predicted octanol–water partition coefficient (Wildman–Crippen LogP) is 1.42. The number of hydrogen-bond acceptors (Lipinski definition) is 14. The van der Waals surface area contributed by atoms with Gasteiger partial charge in [0.1, 0.15) is 12.2 Å². The van der Waals surface area contributed by atoms with E-state index >= 15 is 0 Å². The van der Waals surface area contributed by atoms with E-state index in [1.807, 2.05) is 0 Å². The van der Waals surface area contributed by atoms with Gasteiger partial charge in [-0.05, 0) is 52.4 Å². The van der Waals surface area contributed by atoms with Crippen molar-refractivity contribution in [1.82, 2.24) is 0 Å². The van der Waals surface area contributed by atoms with Crippen LogP contribution in [0.15, 0.2) is 0 Å². The van der Waals surface area contributed by atoms with Gasteiger partial charge in [0.15, 0.2) is 0 Å². The Labute approximate surface area is 218 Å². The van der Waals surface area contributed by atoms with Gasteiger partial charge in [-0.1, -0.05) is 12.8 Å². The Morgan fingerprint density at radius 3 is 1.57 bits per heavy atom. The molecule has 2 N–H and O–H groups in total. The Hall–Kier alpha value is -0.960. The summed E-state index contributed by atoms with van der Waals surface area (Å²) in [5.74, 6) is -2.84. The van der Waals surface area contributed by atoms with Gasteiger partial charge in [-0.2, -0.15) is 21.8 Å². The molecule has 2 aliphatic carbocycles. The number of esters is 2. The zero-order valence-electron chi connectivity index (χ0n) is 19.8. The lowest BCUT2D eigenvalue weighted by Gasteiger charge is -2.32. The summed E-state index contributed by atoms with van der Waals surface area (Å²) in [5.41, 5.74) is 0. The highest BCUT2D eigenvalue weighted by Crippen LogP contribution is 2.43. The number of halogens is 4. The molecule has 12 nitrogen and oxygen atoms in total. The van der Waals surface area contributed by atoms with Crippen LogP contribution in [0.3, 0.4) is 0 Å². The van der Waals surface area contributed by atoms with E-state index in [9.17, 15) is 47.9 Å². The van der Waals surface area contributed by atoms with E-state index in [0.29, 0.717) is 39.0 Å². The van der Waals surface area contributed by atoms with Crippen LogP contribution in [0.4, 0.5) is 17.6 Å². The average Bonchev–Trinajstić information content (AvgIpc) is 2.83. The molecule has 218 valence electrons. The van der Waals surface area contributed by atoms with Crippen molar-refractivity contribution in [3.05, 3.63) is 0 Å². The molecule has 2 fully saturated rings. The maximum Gasteiger partial charge on any atom is 0.415 e. The average molecular weight is 589 g/mol. The van der Waals surface area contributed by atoms with Crippen LogP contribution in [-0.2, 0) is 37.8 Å². The minimum Gasteiger partial charge on any atom is -0.691 e. The van der Waals surface area contributed by atoms with Crippen LogP contribution < -0.4 is 10.5 Å². The fourth-order valence-electron chi connectivity index (χ4n) is 3.31. The van der Waals surface area contributed by atoms with Crippen molar-refractivity contribution in [2.24, 2.45) is 0 Å². The van der Waals surface area contributed by atoms with Gasteiger partial charge in [-0.25, -0.2) is 9.18 Å². The first-order chi connectivity index (χ1) is 17.2. The van der Waals surface area contributed by atoms with Crippen molar-refractivity contribution in [2.75, 3.05) is 0 Å². The van der Waals surface area contributed by atoms with E-state index in [1.165, 1.54) is 0 Å². The smallest absolute Gasteiger partial charge is 0.415 e. The third-order valence-electron chi connectivity index (χ3n) is 5.59. The zero-order chi connectivity index (χ0) is 28.3. The molecule has 0 spiro atoms. The summed E-state index contributed by atoms with van der Waals surface area (Å²) >= 11 is -0.568. The molecule has 0 aromatic carbocycles. The molecular weight excluding hydrogens is 560 g/mol. The molecule has 6 atom stereocenters. The van der Waals surface area contributed by atoms with Crippen LogP contribution in [0.2, 0.25) is 0 Å². The Balaban J connectivity index is 0.000000375. The molecule has 0 bridgehead atoms. The first-order valence-corrected chi connectivity index (χ1v) is 12.5. The SMILES string of the molecule is CC(F)(SOO[O-])C(=O)OC1CCCCC1O.CC(SOO[O-])(C(=O)OC1CCCCC1O)C(F)(F)F. The summed E-state index contributed by atoms with van der Waals surface area (Å²) in [6.07, 6.45) is -3.82. The molecule has 6 unspecified atom stereocenters. The molecule has 2 aliphatic rings. The van der Waals surface area contributed by atoms with E-state index in [2.05, 4.69) is 18.7 Å². The van der Waals surface area contributed by atoms with E-state index < -0.39 is 64.3 Å². The minimum absolute atomic E-state index is 0.0809. The van der Waals surface area contributed by atoms with Gasteiger partial charge < -0.3 is 30.2 Å². The maximum absolute atomic E-state index is 13.6. The molecule has 2 rings (SSSR count). The van der Waals surface area contributed by atoms with Crippen LogP contribution in [0.5, 0.6) is 0 Å². The van der Waals surface area contributed by atoms with Gasteiger partial charge in [-0.15, -0.1) is 0 Å². The Bertz CT molecular complexity index is 717. The number of hydrogen-bond donors (Lipinski definition) is 2. The van der Waals surface area contributed by atoms with E-state index in [-0.39, 0.29) is 18.5 Å². The normalized spacial score (nSPS) is 27.6. The van der Waals surface area contributed by atoms with E-state index in [4.69, 9.17) is 9.47 Å². The van der Waals surface area contributed by atoms with Crippen molar-refractivity contribution in [3.63, 3.8) is 0 Å². The first kappa shape index (κ1) is 34.1. The quantitative estimate of drug-likeness (QED) is 0.123. The number of aliphatic hydroxyl groups excluding tert-OH is 2. The number of carbonyl (C=O) groups excluding carboxylic acids is 2. The molecule has 0 saturated heterocycles. The fourth-order valence-corrected chi connectivity index (χ4v) is 3.96. The van der Waals surface area contributed by atoms with Gasteiger partial charge >= 0.3 is 18.1 Å². The Morgan fingerprint density at radius 1 is 0.757 bits per heavy atom. The van der Waals surface area contributed by atoms with Crippen LogP contribution in [0.1, 0.15) is 65.2 Å². The number of carbonyl (C=O) groups is 2. The molecular formula is C19H28F4O12S2-2. The Kier molecular flexibility index (Phi) is 14.4. The minimum atomic E-state index is -5.02. The van der Waals surface area contributed by atoms with Crippen LogP contribution in [0.25, 0.3) is 0 Å². The summed E-state index contributed by atoms with van der Waals surface area (Å²) in [6.45, 7) is 1.39. The molecule has 37 heavy (non-hydrogen) atoms.